The van der Waals surface area contributed by atoms with Crippen molar-refractivity contribution in [2.24, 2.45) is 0 Å². The fourth-order valence-electron chi connectivity index (χ4n) is 11.2. The number of piperazine rings is 1. The predicted molar refractivity (Wildman–Crippen MR) is 352 cm³/mol. The maximum absolute atomic E-state index is 12.5. The highest BCUT2D eigenvalue weighted by atomic mass is 16.2. The normalized spacial score (nSPS) is 13.2. The van der Waals surface area contributed by atoms with Crippen molar-refractivity contribution in [1.29, 1.82) is 0 Å². The van der Waals surface area contributed by atoms with Gasteiger partial charge in [0.1, 0.15) is 40.6 Å². The number of imidazole rings is 3. The van der Waals surface area contributed by atoms with E-state index >= 15 is 0 Å². The number of H-pyrrole nitrogens is 3. The Labute approximate surface area is 526 Å². The second-order valence-corrected chi connectivity index (χ2v) is 23.0. The van der Waals surface area contributed by atoms with Gasteiger partial charge in [0.05, 0.1) is 44.8 Å². The molecule has 1 amide bonds. The Morgan fingerprint density at radius 2 is 0.902 bits per heavy atom. The van der Waals surface area contributed by atoms with E-state index in [1.807, 2.05) is 113 Å². The number of nitrogens with one attached hydrogen (secondary N) is 5. The van der Waals surface area contributed by atoms with E-state index in [1.54, 1.807) is 45.4 Å². The summed E-state index contributed by atoms with van der Waals surface area (Å²) in [5, 5.41) is 19.6. The molecule has 12 aromatic rings. The average Bonchev–Trinajstić information content (AvgIpc) is 1.67. The summed E-state index contributed by atoms with van der Waals surface area (Å²) < 4.78 is 10.2. The summed E-state index contributed by atoms with van der Waals surface area (Å²) in [4.78, 5) is 85.3. The first-order valence-electron chi connectivity index (χ1n) is 30.4. The Balaban J connectivity index is 0.000000134. The zero-order chi connectivity index (χ0) is 64.2. The zero-order valence-electron chi connectivity index (χ0n) is 51.6. The number of hydrogen-bond acceptors (Lipinski definition) is 18. The minimum Gasteiger partial charge on any atom is -0.382 e. The van der Waals surface area contributed by atoms with Crippen molar-refractivity contribution in [1.82, 2.24) is 103 Å². The van der Waals surface area contributed by atoms with E-state index in [0.717, 1.165) is 108 Å². The van der Waals surface area contributed by atoms with Crippen LogP contribution in [0.2, 0.25) is 0 Å². The third-order valence-electron chi connectivity index (χ3n) is 16.2. The number of anilines is 3. The minimum absolute atomic E-state index is 0.0106. The second-order valence-electron chi connectivity index (χ2n) is 23.0. The Morgan fingerprint density at radius 3 is 1.27 bits per heavy atom. The Bertz CT molecular complexity index is 4810. The predicted octanol–water partition coefficient (Wildman–Crippen LogP) is 5.26. The van der Waals surface area contributed by atoms with Crippen molar-refractivity contribution in [3.05, 3.63) is 188 Å². The second kappa shape index (κ2) is 26.4. The first-order valence-corrected chi connectivity index (χ1v) is 30.4. The Morgan fingerprint density at radius 1 is 0.533 bits per heavy atom. The molecule has 14 rings (SSSR count). The molecule has 0 spiro atoms. The summed E-state index contributed by atoms with van der Waals surface area (Å²) in [7, 11) is 0. The summed E-state index contributed by atoms with van der Waals surface area (Å²) in [5.41, 5.74) is 30.1. The number of benzene rings is 3. The molecule has 1 saturated heterocycles. The number of carbonyl (C=O) groups excluding carboxylic acids is 1. The van der Waals surface area contributed by atoms with Crippen LogP contribution in [-0.2, 0) is 44.1 Å². The largest absolute Gasteiger partial charge is 0.382 e. The van der Waals surface area contributed by atoms with Crippen LogP contribution in [0.25, 0.3) is 66.9 Å². The molecule has 28 nitrogen and oxygen atoms in total. The summed E-state index contributed by atoms with van der Waals surface area (Å²) >= 11 is 0. The molecule has 28 heteroatoms. The molecule has 0 bridgehead atoms. The van der Waals surface area contributed by atoms with Crippen molar-refractivity contribution in [3.63, 3.8) is 0 Å². The van der Waals surface area contributed by atoms with Crippen molar-refractivity contribution in [3.8, 4) is 33.4 Å². The molecule has 9 aromatic heterocycles. The van der Waals surface area contributed by atoms with Gasteiger partial charge in [-0.05, 0) is 79.8 Å². The summed E-state index contributed by atoms with van der Waals surface area (Å²) in [6, 6.07) is 24.4. The number of nitrogen functional groups attached to an aromatic ring is 3. The maximum Gasteiger partial charge on any atom is 0.328 e. The number of aromatic nitrogens is 18. The molecule has 11 N–H and O–H groups in total. The lowest BCUT2D eigenvalue weighted by Crippen LogP contribution is -2.43. The molecule has 10 heterocycles. The van der Waals surface area contributed by atoms with E-state index in [-0.39, 0.29) is 47.0 Å². The summed E-state index contributed by atoms with van der Waals surface area (Å²) in [6.45, 7) is 18.5. The maximum atomic E-state index is 12.5. The molecular weight excluding hydrogens is 1170 g/mol. The molecule has 472 valence electrons. The smallest absolute Gasteiger partial charge is 0.328 e. The van der Waals surface area contributed by atoms with Gasteiger partial charge in [-0.15, -0.1) is 0 Å². The van der Waals surface area contributed by atoms with Crippen LogP contribution >= 0.6 is 0 Å². The molecule has 2 aliphatic rings. The molecule has 0 unspecified atom stereocenters. The molecule has 1 saturated carbocycles. The SMILES string of the molecule is C=C(Cn1cc(-c2ccc(Cn3c(=O)[nH]c4c(N)nc(C)nc43)cc2)cn1)N1CCNCC1.CCCn1cc(-c2ccc(Cn3c(=O)[nH]c4c(N)nc(C)nc43)cc2)cn1.Cc1nc(N)c2[nH]c(=O)n(Cc3ccc(-c4cnn(CC(=O)NC5CCC5)c4)cc3)c2n1. The van der Waals surface area contributed by atoms with Gasteiger partial charge in [0.15, 0.2) is 34.4 Å². The number of amides is 1. The van der Waals surface area contributed by atoms with Gasteiger partial charge in [0, 0.05) is 79.7 Å². The van der Waals surface area contributed by atoms with Gasteiger partial charge >= 0.3 is 17.1 Å². The van der Waals surface area contributed by atoms with E-state index in [0.29, 0.717) is 83.2 Å². The van der Waals surface area contributed by atoms with Crippen LogP contribution < -0.4 is 44.9 Å². The van der Waals surface area contributed by atoms with E-state index in [1.165, 1.54) is 6.42 Å². The van der Waals surface area contributed by atoms with E-state index < -0.39 is 0 Å². The highest BCUT2D eigenvalue weighted by Crippen LogP contribution is 2.25. The van der Waals surface area contributed by atoms with Gasteiger partial charge in [0.2, 0.25) is 5.91 Å². The number of nitrogens with zero attached hydrogens (tertiary/aromatic N) is 16. The molecule has 3 aromatic carbocycles. The molecule has 2 fully saturated rings. The standard InChI is InChI=1S/C23H27N9O.C22H24N8O2.C19H21N7O/c1-15(30-9-7-25-8-10-30)12-31-14-19(11-26-31)18-5-3-17(4-6-18)13-32-22-20(29-23(32)33)21(24)27-16(2)28-22;1-13-25-20(23)19-21(26-13)30(22(32)28-19)10-14-5-7-15(8-6-14)16-9-24-29(11-16)12-18(31)27-17-3-2-4-17;1-3-8-25-11-15(9-21-25)14-6-4-13(5-7-14)10-26-18-16(24-19(26)27)17(20)22-12(2)23-18/h3-6,11,14,25H,1,7-10,12-13H2,2H3,(H,29,33)(H2,24,27,28);5-9,11,17H,2-4,10,12H2,1H3,(H,27,31)(H,28,32)(H2,23,25,26);4-7,9,11H,3,8,10H2,1-2H3,(H,24,27)(H2,20,22,23). The number of fused-ring (bicyclic) bond motifs is 3. The number of nitrogens with two attached hydrogens (primary N) is 3. The molecule has 0 atom stereocenters. The summed E-state index contributed by atoms with van der Waals surface area (Å²) in [5.74, 6) is 2.39. The van der Waals surface area contributed by atoms with Crippen LogP contribution in [0.15, 0.2) is 137 Å². The first kappa shape index (κ1) is 61.0. The van der Waals surface area contributed by atoms with Crippen molar-refractivity contribution >= 4 is 56.9 Å². The molecule has 0 radical (unpaired) electrons. The van der Waals surface area contributed by atoms with Crippen molar-refractivity contribution in [2.75, 3.05) is 43.4 Å². The third kappa shape index (κ3) is 13.6. The minimum atomic E-state index is -0.280. The summed E-state index contributed by atoms with van der Waals surface area (Å²) in [6.07, 6.45) is 15.8. The van der Waals surface area contributed by atoms with Crippen LogP contribution in [0.3, 0.4) is 0 Å². The number of rotatable bonds is 17. The van der Waals surface area contributed by atoms with Crippen molar-refractivity contribution < 1.29 is 4.79 Å². The zero-order valence-corrected chi connectivity index (χ0v) is 51.6. The number of allylic oxidation sites excluding steroid dienone is 1. The van der Waals surface area contributed by atoms with Gasteiger partial charge < -0.3 is 47.7 Å². The topological polar surface area (TPSA) is 367 Å². The molecule has 92 heavy (non-hydrogen) atoms. The monoisotopic (exact) mass is 1240 g/mol. The van der Waals surface area contributed by atoms with Gasteiger partial charge in [-0.25, -0.2) is 44.3 Å². The molecular formula is C64H72N24O4. The number of aryl methyl sites for hydroxylation is 4. The Kier molecular flexibility index (Phi) is 17.5. The van der Waals surface area contributed by atoms with Crippen LogP contribution in [-0.4, -0.2) is 131 Å². The number of hydrogen-bond donors (Lipinski definition) is 8. The lowest BCUT2D eigenvalue weighted by atomic mass is 9.93. The highest BCUT2D eigenvalue weighted by Gasteiger charge is 2.21. The van der Waals surface area contributed by atoms with Crippen LogP contribution in [0.1, 0.15) is 66.8 Å². The van der Waals surface area contributed by atoms with Gasteiger partial charge in [0.25, 0.3) is 0 Å². The van der Waals surface area contributed by atoms with Crippen LogP contribution in [0, 0.1) is 20.8 Å². The van der Waals surface area contributed by atoms with Gasteiger partial charge in [-0.2, -0.15) is 15.3 Å². The van der Waals surface area contributed by atoms with Gasteiger partial charge in [-0.3, -0.25) is 32.5 Å². The van der Waals surface area contributed by atoms with Crippen molar-refractivity contribution in [2.45, 2.75) is 98.7 Å². The fourth-order valence-corrected chi connectivity index (χ4v) is 11.2. The van der Waals surface area contributed by atoms with E-state index in [4.69, 9.17) is 17.2 Å². The fraction of sp³-hybridized carbons (Fsp3) is 0.297. The lowest BCUT2D eigenvalue weighted by Gasteiger charge is -2.30. The average molecular weight is 1240 g/mol. The van der Waals surface area contributed by atoms with Crippen LogP contribution in [0.5, 0.6) is 0 Å². The Hall–Kier alpha value is -11.3. The quantitative estimate of drug-likeness (QED) is 0.0576. The lowest BCUT2D eigenvalue weighted by molar-refractivity contribution is -0.123. The molecule has 1 aliphatic carbocycles. The van der Waals surface area contributed by atoms with E-state index in [2.05, 4.69) is 89.2 Å². The first-order chi connectivity index (χ1) is 44.5. The third-order valence-corrected chi connectivity index (χ3v) is 16.2. The van der Waals surface area contributed by atoms with Crippen LogP contribution in [0.4, 0.5) is 17.5 Å². The van der Waals surface area contributed by atoms with Gasteiger partial charge in [-0.1, -0.05) is 86.3 Å². The number of aromatic amines is 3. The number of carbonyl (C=O) groups is 1. The molecule has 1 aliphatic heterocycles. The highest BCUT2D eigenvalue weighted by molar-refractivity contribution is 5.83. The van der Waals surface area contributed by atoms with E-state index in [9.17, 15) is 19.2 Å².